The Morgan fingerprint density at radius 1 is 0.958 bits per heavy atom. The van der Waals surface area contributed by atoms with Crippen molar-refractivity contribution in [3.05, 3.63) is 65.7 Å². The smallest absolute Gasteiger partial charge is 0.320 e. The van der Waals surface area contributed by atoms with Gasteiger partial charge in [0, 0.05) is 6.54 Å². The second-order valence-electron chi connectivity index (χ2n) is 6.61. The van der Waals surface area contributed by atoms with Gasteiger partial charge in [-0.25, -0.2) is 0 Å². The molecule has 4 heteroatoms. The zero-order valence-electron chi connectivity index (χ0n) is 14.5. The van der Waals surface area contributed by atoms with Crippen molar-refractivity contribution in [1.29, 1.82) is 0 Å². The van der Waals surface area contributed by atoms with Gasteiger partial charge in [0.15, 0.2) is 0 Å². The summed E-state index contributed by atoms with van der Waals surface area (Å²) in [5.74, 6) is 0.583. The third-order valence-corrected chi connectivity index (χ3v) is 3.19. The van der Waals surface area contributed by atoms with E-state index in [0.717, 1.165) is 16.9 Å². The Hall–Kier alpha value is -2.33. The molecule has 0 aliphatic carbocycles. The van der Waals surface area contributed by atoms with Gasteiger partial charge in [-0.1, -0.05) is 42.5 Å². The van der Waals surface area contributed by atoms with Crippen LogP contribution in [0.5, 0.6) is 5.75 Å². The lowest BCUT2D eigenvalue weighted by Gasteiger charge is -2.19. The van der Waals surface area contributed by atoms with Crippen molar-refractivity contribution in [1.82, 2.24) is 5.32 Å². The highest BCUT2D eigenvalue weighted by Crippen LogP contribution is 2.14. The topological polar surface area (TPSA) is 47.6 Å². The fraction of sp³-hybridized carbons (Fsp3) is 0.350. The van der Waals surface area contributed by atoms with Crippen LogP contribution in [0.25, 0.3) is 0 Å². The molecule has 0 fully saturated rings. The second kappa shape index (κ2) is 8.50. The molecule has 128 valence electrons. The summed E-state index contributed by atoms with van der Waals surface area (Å²) in [4.78, 5) is 11.6. The predicted molar refractivity (Wildman–Crippen MR) is 94.8 cm³/mol. The number of hydrogen-bond donors (Lipinski definition) is 1. The molecule has 0 bridgehead atoms. The number of benzene rings is 2. The van der Waals surface area contributed by atoms with E-state index in [1.807, 2.05) is 75.4 Å². The molecule has 0 saturated heterocycles. The largest absolute Gasteiger partial charge is 0.489 e. The Labute approximate surface area is 143 Å². The Balaban J connectivity index is 1.73. The van der Waals surface area contributed by atoms with Crippen LogP contribution < -0.4 is 10.1 Å². The molecular weight excluding hydrogens is 302 g/mol. The van der Waals surface area contributed by atoms with E-state index < -0.39 is 5.60 Å². The summed E-state index contributed by atoms with van der Waals surface area (Å²) in [5.41, 5.74) is 1.78. The SMILES string of the molecule is CC(C)(C)OC(=O)CNCc1ccc(OCc2ccccc2)cc1. The molecule has 0 spiro atoms. The van der Waals surface area contributed by atoms with Crippen LogP contribution in [0.15, 0.2) is 54.6 Å². The Bertz CT molecular complexity index is 630. The maximum Gasteiger partial charge on any atom is 0.320 e. The monoisotopic (exact) mass is 327 g/mol. The van der Waals surface area contributed by atoms with E-state index in [1.165, 1.54) is 0 Å². The average molecular weight is 327 g/mol. The highest BCUT2D eigenvalue weighted by atomic mass is 16.6. The van der Waals surface area contributed by atoms with Gasteiger partial charge in [-0.15, -0.1) is 0 Å². The number of ether oxygens (including phenoxy) is 2. The van der Waals surface area contributed by atoms with Crippen molar-refractivity contribution < 1.29 is 14.3 Å². The van der Waals surface area contributed by atoms with E-state index in [4.69, 9.17) is 9.47 Å². The van der Waals surface area contributed by atoms with Gasteiger partial charge in [-0.2, -0.15) is 0 Å². The summed E-state index contributed by atoms with van der Waals surface area (Å²) in [6, 6.07) is 17.9. The third kappa shape index (κ3) is 6.84. The first kappa shape index (κ1) is 18.0. The van der Waals surface area contributed by atoms with Crippen molar-refractivity contribution in [2.45, 2.75) is 39.5 Å². The second-order valence-corrected chi connectivity index (χ2v) is 6.61. The van der Waals surface area contributed by atoms with Gasteiger partial charge >= 0.3 is 5.97 Å². The molecule has 2 aromatic carbocycles. The number of carbonyl (C=O) groups is 1. The molecule has 0 radical (unpaired) electrons. The van der Waals surface area contributed by atoms with Crippen molar-refractivity contribution in [2.75, 3.05) is 6.54 Å². The molecule has 4 nitrogen and oxygen atoms in total. The number of carbonyl (C=O) groups excluding carboxylic acids is 1. The molecule has 0 aliphatic rings. The Morgan fingerprint density at radius 3 is 2.25 bits per heavy atom. The van der Waals surface area contributed by atoms with Gasteiger partial charge in [0.2, 0.25) is 0 Å². The lowest BCUT2D eigenvalue weighted by Crippen LogP contribution is -2.31. The molecule has 2 aromatic rings. The fourth-order valence-corrected chi connectivity index (χ4v) is 2.13. The first-order valence-corrected chi connectivity index (χ1v) is 8.10. The minimum absolute atomic E-state index is 0.198. The van der Waals surface area contributed by atoms with Crippen LogP contribution in [-0.4, -0.2) is 18.1 Å². The first-order valence-electron chi connectivity index (χ1n) is 8.10. The minimum Gasteiger partial charge on any atom is -0.489 e. The zero-order valence-corrected chi connectivity index (χ0v) is 14.5. The molecule has 0 heterocycles. The average Bonchev–Trinajstić information content (AvgIpc) is 2.53. The standard InChI is InChI=1S/C20H25NO3/c1-20(2,3)24-19(22)14-21-13-16-9-11-18(12-10-16)23-15-17-7-5-4-6-8-17/h4-12,21H,13-15H2,1-3H3. The van der Waals surface area contributed by atoms with E-state index in [0.29, 0.717) is 13.2 Å². The fourth-order valence-electron chi connectivity index (χ4n) is 2.13. The maximum atomic E-state index is 11.6. The van der Waals surface area contributed by atoms with Crippen LogP contribution in [0.1, 0.15) is 31.9 Å². The van der Waals surface area contributed by atoms with Gasteiger partial charge in [0.25, 0.3) is 0 Å². The van der Waals surface area contributed by atoms with E-state index in [1.54, 1.807) is 0 Å². The molecule has 0 unspecified atom stereocenters. The van der Waals surface area contributed by atoms with Crippen molar-refractivity contribution in [3.8, 4) is 5.75 Å². The third-order valence-electron chi connectivity index (χ3n) is 3.19. The van der Waals surface area contributed by atoms with Crippen LogP contribution in [0.3, 0.4) is 0 Å². The zero-order chi connectivity index (χ0) is 17.4. The van der Waals surface area contributed by atoms with E-state index in [-0.39, 0.29) is 12.5 Å². The molecule has 0 amide bonds. The lowest BCUT2D eigenvalue weighted by atomic mass is 10.2. The van der Waals surface area contributed by atoms with Crippen LogP contribution in [-0.2, 0) is 22.7 Å². The summed E-state index contributed by atoms with van der Waals surface area (Å²) < 4.78 is 11.0. The van der Waals surface area contributed by atoms with Crippen molar-refractivity contribution in [3.63, 3.8) is 0 Å². The van der Waals surface area contributed by atoms with Gasteiger partial charge in [-0.3, -0.25) is 4.79 Å². The predicted octanol–water partition coefficient (Wildman–Crippen LogP) is 3.70. The summed E-state index contributed by atoms with van der Waals surface area (Å²) in [6.07, 6.45) is 0. The van der Waals surface area contributed by atoms with Crippen molar-refractivity contribution >= 4 is 5.97 Å². The molecule has 2 rings (SSSR count). The molecule has 0 aliphatic heterocycles. The molecular formula is C20H25NO3. The maximum absolute atomic E-state index is 11.6. The number of esters is 1. The Morgan fingerprint density at radius 2 is 1.62 bits per heavy atom. The Kier molecular flexibility index (Phi) is 6.38. The van der Waals surface area contributed by atoms with Gasteiger partial charge < -0.3 is 14.8 Å². The highest BCUT2D eigenvalue weighted by Gasteiger charge is 2.15. The van der Waals surface area contributed by atoms with E-state index in [2.05, 4.69) is 5.32 Å². The number of rotatable bonds is 7. The van der Waals surface area contributed by atoms with Crippen LogP contribution in [0.2, 0.25) is 0 Å². The summed E-state index contributed by atoms with van der Waals surface area (Å²) in [7, 11) is 0. The summed E-state index contributed by atoms with van der Waals surface area (Å²) in [5, 5.41) is 3.09. The molecule has 0 aromatic heterocycles. The minimum atomic E-state index is -0.448. The van der Waals surface area contributed by atoms with Gasteiger partial charge in [-0.05, 0) is 44.0 Å². The summed E-state index contributed by atoms with van der Waals surface area (Å²) >= 11 is 0. The first-order chi connectivity index (χ1) is 11.4. The number of nitrogens with one attached hydrogen (secondary N) is 1. The normalized spacial score (nSPS) is 11.1. The molecule has 0 saturated carbocycles. The van der Waals surface area contributed by atoms with Crippen LogP contribution >= 0.6 is 0 Å². The van der Waals surface area contributed by atoms with Gasteiger partial charge in [0.1, 0.15) is 18.0 Å². The van der Waals surface area contributed by atoms with Crippen molar-refractivity contribution in [2.24, 2.45) is 0 Å². The molecule has 1 N–H and O–H groups in total. The number of hydrogen-bond acceptors (Lipinski definition) is 4. The van der Waals surface area contributed by atoms with Crippen LogP contribution in [0, 0.1) is 0 Å². The molecule has 24 heavy (non-hydrogen) atoms. The van der Waals surface area contributed by atoms with Gasteiger partial charge in [0.05, 0.1) is 6.54 Å². The van der Waals surface area contributed by atoms with E-state index in [9.17, 15) is 4.79 Å². The highest BCUT2D eigenvalue weighted by molar-refractivity contribution is 5.72. The van der Waals surface area contributed by atoms with Crippen LogP contribution in [0.4, 0.5) is 0 Å². The lowest BCUT2D eigenvalue weighted by molar-refractivity contribution is -0.153. The molecule has 0 atom stereocenters. The summed E-state index contributed by atoms with van der Waals surface area (Å²) in [6.45, 7) is 6.94. The van der Waals surface area contributed by atoms with E-state index >= 15 is 0 Å². The quantitative estimate of drug-likeness (QED) is 0.788.